The standard InChI is InChI=1S/C12H23N3O.ClH/c1-9-6-13-7-11(9)12(16)15-5-4-14(3)8-10(15)2;/h9-11,13H,4-8H2,1-3H3;1H/t9-,10?,11-;/m1./s1. The molecule has 0 aromatic carbocycles. The van der Waals surface area contributed by atoms with E-state index >= 15 is 0 Å². The molecular weight excluding hydrogens is 238 g/mol. The first-order chi connectivity index (χ1) is 7.59. The van der Waals surface area contributed by atoms with Crippen molar-refractivity contribution in [2.45, 2.75) is 19.9 Å². The van der Waals surface area contributed by atoms with E-state index in [1.807, 2.05) is 0 Å². The predicted molar refractivity (Wildman–Crippen MR) is 71.4 cm³/mol. The Hall–Kier alpha value is -0.320. The van der Waals surface area contributed by atoms with Gasteiger partial charge in [-0.05, 0) is 26.4 Å². The summed E-state index contributed by atoms with van der Waals surface area (Å²) in [5, 5.41) is 3.31. The van der Waals surface area contributed by atoms with Crippen molar-refractivity contribution in [2.75, 3.05) is 39.8 Å². The number of carbonyl (C=O) groups is 1. The molecule has 2 fully saturated rings. The Bertz CT molecular complexity index is 274. The van der Waals surface area contributed by atoms with Crippen LogP contribution in [0.25, 0.3) is 0 Å². The summed E-state index contributed by atoms with van der Waals surface area (Å²) in [4.78, 5) is 16.8. The van der Waals surface area contributed by atoms with E-state index in [4.69, 9.17) is 0 Å². The van der Waals surface area contributed by atoms with Crippen molar-refractivity contribution in [1.82, 2.24) is 15.1 Å². The zero-order valence-corrected chi connectivity index (χ0v) is 11.8. The highest BCUT2D eigenvalue weighted by Crippen LogP contribution is 2.21. The number of nitrogens with zero attached hydrogens (tertiary/aromatic N) is 2. The second kappa shape index (κ2) is 6.03. The molecule has 0 radical (unpaired) electrons. The Morgan fingerprint density at radius 3 is 2.47 bits per heavy atom. The molecule has 2 saturated heterocycles. The molecule has 17 heavy (non-hydrogen) atoms. The van der Waals surface area contributed by atoms with Crippen LogP contribution in [0, 0.1) is 11.8 Å². The molecule has 1 N–H and O–H groups in total. The van der Waals surface area contributed by atoms with E-state index in [1.165, 1.54) is 0 Å². The number of likely N-dealkylation sites (N-methyl/N-ethyl adjacent to an activating group) is 1. The summed E-state index contributed by atoms with van der Waals surface area (Å²) in [5.74, 6) is 1.04. The first kappa shape index (κ1) is 14.7. The quantitative estimate of drug-likeness (QED) is 0.744. The fourth-order valence-corrected chi connectivity index (χ4v) is 2.82. The van der Waals surface area contributed by atoms with Crippen LogP contribution in [0.15, 0.2) is 0 Å². The van der Waals surface area contributed by atoms with Crippen molar-refractivity contribution in [3.63, 3.8) is 0 Å². The Balaban J connectivity index is 0.00000144. The van der Waals surface area contributed by atoms with Gasteiger partial charge in [0.2, 0.25) is 5.91 Å². The highest BCUT2D eigenvalue weighted by molar-refractivity contribution is 5.85. The van der Waals surface area contributed by atoms with Crippen LogP contribution in [0.2, 0.25) is 0 Å². The van der Waals surface area contributed by atoms with Crippen LogP contribution in [-0.2, 0) is 4.79 Å². The Morgan fingerprint density at radius 1 is 1.24 bits per heavy atom. The normalized spacial score (nSPS) is 34.5. The second-order valence-corrected chi connectivity index (χ2v) is 5.38. The molecule has 1 amide bonds. The molecule has 0 aromatic heterocycles. The Kier molecular flexibility index (Phi) is 5.22. The predicted octanol–water partition coefficient (Wildman–Crippen LogP) is 0.426. The maximum Gasteiger partial charge on any atom is 0.227 e. The summed E-state index contributed by atoms with van der Waals surface area (Å²) in [6.07, 6.45) is 0. The molecule has 0 spiro atoms. The van der Waals surface area contributed by atoms with Gasteiger partial charge in [0.25, 0.3) is 0 Å². The number of amides is 1. The highest BCUT2D eigenvalue weighted by atomic mass is 35.5. The number of hydrogen-bond donors (Lipinski definition) is 1. The van der Waals surface area contributed by atoms with E-state index in [-0.39, 0.29) is 18.3 Å². The second-order valence-electron chi connectivity index (χ2n) is 5.38. The minimum atomic E-state index is 0. The molecule has 1 unspecified atom stereocenters. The highest BCUT2D eigenvalue weighted by Gasteiger charge is 2.35. The summed E-state index contributed by atoms with van der Waals surface area (Å²) in [6, 6.07) is 0.360. The SMILES string of the molecule is CC1CN(C)CCN1C(=O)[C@@H]1CNC[C@H]1C.Cl. The Morgan fingerprint density at radius 2 is 1.94 bits per heavy atom. The molecule has 2 heterocycles. The van der Waals surface area contributed by atoms with E-state index in [1.54, 1.807) is 0 Å². The molecule has 0 bridgehead atoms. The lowest BCUT2D eigenvalue weighted by Crippen LogP contribution is -2.54. The van der Waals surface area contributed by atoms with Crippen LogP contribution in [0.5, 0.6) is 0 Å². The summed E-state index contributed by atoms with van der Waals surface area (Å²) in [6.45, 7) is 9.06. The van der Waals surface area contributed by atoms with Crippen LogP contribution in [0.4, 0.5) is 0 Å². The molecule has 5 heteroatoms. The van der Waals surface area contributed by atoms with Crippen molar-refractivity contribution in [2.24, 2.45) is 11.8 Å². The van der Waals surface area contributed by atoms with Crippen LogP contribution < -0.4 is 5.32 Å². The van der Waals surface area contributed by atoms with E-state index in [2.05, 4.69) is 36.0 Å². The number of hydrogen-bond acceptors (Lipinski definition) is 3. The van der Waals surface area contributed by atoms with Crippen molar-refractivity contribution < 1.29 is 4.79 Å². The van der Waals surface area contributed by atoms with Gasteiger partial charge >= 0.3 is 0 Å². The molecule has 0 aromatic rings. The average molecular weight is 262 g/mol. The van der Waals surface area contributed by atoms with Crippen molar-refractivity contribution in [3.05, 3.63) is 0 Å². The molecule has 0 saturated carbocycles. The lowest BCUT2D eigenvalue weighted by Gasteiger charge is -2.39. The van der Waals surface area contributed by atoms with Gasteiger partial charge < -0.3 is 15.1 Å². The maximum atomic E-state index is 12.4. The minimum Gasteiger partial charge on any atom is -0.337 e. The van der Waals surface area contributed by atoms with Crippen molar-refractivity contribution >= 4 is 18.3 Å². The summed E-state index contributed by atoms with van der Waals surface area (Å²) in [5.41, 5.74) is 0. The topological polar surface area (TPSA) is 35.6 Å². The molecule has 2 rings (SSSR count). The number of carbonyl (C=O) groups excluding carboxylic acids is 1. The van der Waals surface area contributed by atoms with Crippen LogP contribution in [-0.4, -0.2) is 61.5 Å². The molecule has 2 aliphatic rings. The van der Waals surface area contributed by atoms with Gasteiger partial charge in [-0.15, -0.1) is 12.4 Å². The van der Waals surface area contributed by atoms with Crippen molar-refractivity contribution in [3.8, 4) is 0 Å². The van der Waals surface area contributed by atoms with Crippen molar-refractivity contribution in [1.29, 1.82) is 0 Å². The molecule has 2 aliphatic heterocycles. The average Bonchev–Trinajstić information content (AvgIpc) is 2.63. The number of piperazine rings is 1. The van der Waals surface area contributed by atoms with E-state index in [0.717, 1.165) is 32.7 Å². The third-order valence-electron chi connectivity index (χ3n) is 3.95. The first-order valence-corrected chi connectivity index (χ1v) is 6.29. The van der Waals surface area contributed by atoms with E-state index in [0.29, 0.717) is 17.9 Å². The zero-order valence-electron chi connectivity index (χ0n) is 11.0. The number of halogens is 1. The summed E-state index contributed by atoms with van der Waals surface area (Å²) >= 11 is 0. The summed E-state index contributed by atoms with van der Waals surface area (Å²) in [7, 11) is 2.12. The zero-order chi connectivity index (χ0) is 11.7. The third kappa shape index (κ3) is 3.12. The lowest BCUT2D eigenvalue weighted by molar-refractivity contribution is -0.140. The van der Waals surface area contributed by atoms with Gasteiger partial charge in [-0.25, -0.2) is 0 Å². The van der Waals surface area contributed by atoms with Gasteiger partial charge in [0, 0.05) is 32.2 Å². The first-order valence-electron chi connectivity index (χ1n) is 6.29. The van der Waals surface area contributed by atoms with Gasteiger partial charge in [-0.3, -0.25) is 4.79 Å². The molecule has 3 atom stereocenters. The van der Waals surface area contributed by atoms with Crippen LogP contribution in [0.3, 0.4) is 0 Å². The summed E-state index contributed by atoms with van der Waals surface area (Å²) < 4.78 is 0. The van der Waals surface area contributed by atoms with E-state index < -0.39 is 0 Å². The van der Waals surface area contributed by atoms with Gasteiger partial charge in [-0.2, -0.15) is 0 Å². The smallest absolute Gasteiger partial charge is 0.227 e. The number of nitrogens with one attached hydrogen (secondary N) is 1. The molecule has 4 nitrogen and oxygen atoms in total. The Labute approximate surface area is 110 Å². The molecule has 100 valence electrons. The monoisotopic (exact) mass is 261 g/mol. The number of rotatable bonds is 1. The maximum absolute atomic E-state index is 12.4. The van der Waals surface area contributed by atoms with Crippen LogP contribution in [0.1, 0.15) is 13.8 Å². The fraction of sp³-hybridized carbons (Fsp3) is 0.917. The van der Waals surface area contributed by atoms with Gasteiger partial charge in [-0.1, -0.05) is 6.92 Å². The fourth-order valence-electron chi connectivity index (χ4n) is 2.82. The van der Waals surface area contributed by atoms with E-state index in [9.17, 15) is 4.79 Å². The molecule has 0 aliphatic carbocycles. The largest absolute Gasteiger partial charge is 0.337 e. The minimum absolute atomic E-state index is 0. The van der Waals surface area contributed by atoms with Gasteiger partial charge in [0.15, 0.2) is 0 Å². The van der Waals surface area contributed by atoms with Crippen LogP contribution >= 0.6 is 12.4 Å². The molecular formula is C12H24ClN3O. The third-order valence-corrected chi connectivity index (χ3v) is 3.95. The van der Waals surface area contributed by atoms with Gasteiger partial charge in [0.05, 0.1) is 5.92 Å². The van der Waals surface area contributed by atoms with Gasteiger partial charge in [0.1, 0.15) is 0 Å². The lowest BCUT2D eigenvalue weighted by atomic mass is 9.95.